The third-order valence-electron chi connectivity index (χ3n) is 4.56. The van der Waals surface area contributed by atoms with Gasteiger partial charge in [0.2, 0.25) is 0 Å². The molecule has 136 valence electrons. The van der Waals surface area contributed by atoms with E-state index in [0.29, 0.717) is 24.5 Å². The lowest BCUT2D eigenvalue weighted by Crippen LogP contribution is -2.38. The Morgan fingerprint density at radius 2 is 1.56 bits per heavy atom. The van der Waals surface area contributed by atoms with Crippen LogP contribution in [0.5, 0.6) is 0 Å². The van der Waals surface area contributed by atoms with Gasteiger partial charge in [-0.05, 0) is 53.9 Å². The fourth-order valence-electron chi connectivity index (χ4n) is 3.11. The van der Waals surface area contributed by atoms with Crippen LogP contribution in [-0.2, 0) is 13.0 Å². The zero-order chi connectivity index (χ0) is 18.6. The first kappa shape index (κ1) is 16.9. The van der Waals surface area contributed by atoms with Gasteiger partial charge in [-0.1, -0.05) is 24.3 Å². The van der Waals surface area contributed by atoms with Crippen LogP contribution in [0.2, 0.25) is 0 Å². The molecule has 27 heavy (non-hydrogen) atoms. The number of hydrogen-bond acceptors (Lipinski definition) is 3. The first-order chi connectivity index (χ1) is 13.2. The normalized spacial score (nSPS) is 13.0. The Labute approximate surface area is 156 Å². The third-order valence-corrected chi connectivity index (χ3v) is 4.56. The Balaban J connectivity index is 1.36. The Morgan fingerprint density at radius 1 is 0.852 bits per heavy atom. The summed E-state index contributed by atoms with van der Waals surface area (Å²) in [6.07, 6.45) is 2.31. The molecule has 0 aliphatic carbocycles. The summed E-state index contributed by atoms with van der Waals surface area (Å²) in [5, 5.41) is 5.65. The molecule has 3 aromatic rings. The molecule has 0 bridgehead atoms. The Hall–Kier alpha value is -3.54. The number of hydrogen-bond donors (Lipinski definition) is 2. The number of urea groups is 1. The van der Waals surface area contributed by atoms with Crippen LogP contribution in [0.15, 0.2) is 71.3 Å². The van der Waals surface area contributed by atoms with Gasteiger partial charge in [0.25, 0.3) is 5.91 Å². The summed E-state index contributed by atoms with van der Waals surface area (Å²) < 4.78 is 5.06. The number of carbonyl (C=O) groups is 2. The van der Waals surface area contributed by atoms with Crippen LogP contribution in [-0.4, -0.2) is 23.4 Å². The molecule has 4 rings (SSSR count). The first-order valence-electron chi connectivity index (χ1n) is 8.77. The van der Waals surface area contributed by atoms with Crippen LogP contribution >= 0.6 is 0 Å². The van der Waals surface area contributed by atoms with E-state index in [2.05, 4.69) is 22.8 Å². The van der Waals surface area contributed by atoms with Crippen LogP contribution < -0.4 is 10.6 Å². The van der Waals surface area contributed by atoms with Crippen LogP contribution in [0.1, 0.15) is 21.7 Å². The van der Waals surface area contributed by atoms with Gasteiger partial charge in [-0.3, -0.25) is 4.79 Å². The van der Waals surface area contributed by atoms with Crippen molar-refractivity contribution in [2.75, 3.05) is 17.2 Å². The van der Waals surface area contributed by atoms with E-state index >= 15 is 0 Å². The maximum absolute atomic E-state index is 12.5. The molecule has 2 N–H and O–H groups in total. The number of anilines is 2. The summed E-state index contributed by atoms with van der Waals surface area (Å²) >= 11 is 0. The molecule has 0 unspecified atom stereocenters. The minimum atomic E-state index is -0.316. The standard InChI is InChI=1S/C21H19N3O3/c25-20(19-6-3-13-27-19)22-17-7-9-18(10-8-17)23-21(26)24-12-11-15-4-1-2-5-16(15)14-24/h1-10,13H,11-12,14H2,(H,22,25)(H,23,26). The Bertz CT molecular complexity index is 949. The van der Waals surface area contributed by atoms with Gasteiger partial charge in [-0.15, -0.1) is 0 Å². The van der Waals surface area contributed by atoms with Crippen molar-refractivity contribution in [2.24, 2.45) is 0 Å². The summed E-state index contributed by atoms with van der Waals surface area (Å²) in [4.78, 5) is 26.3. The second-order valence-electron chi connectivity index (χ2n) is 6.38. The van der Waals surface area contributed by atoms with Crippen molar-refractivity contribution in [3.8, 4) is 0 Å². The van der Waals surface area contributed by atoms with Crippen LogP contribution in [0, 0.1) is 0 Å². The predicted molar refractivity (Wildman–Crippen MR) is 103 cm³/mol. The van der Waals surface area contributed by atoms with E-state index in [0.717, 1.165) is 6.42 Å². The fraction of sp³-hybridized carbons (Fsp3) is 0.143. The van der Waals surface area contributed by atoms with Crippen molar-refractivity contribution in [1.29, 1.82) is 0 Å². The van der Waals surface area contributed by atoms with E-state index in [1.807, 2.05) is 12.1 Å². The van der Waals surface area contributed by atoms with Crippen molar-refractivity contribution >= 4 is 23.3 Å². The highest BCUT2D eigenvalue weighted by atomic mass is 16.3. The molecule has 0 fully saturated rings. The molecule has 6 heteroatoms. The molecule has 3 amide bonds. The minimum Gasteiger partial charge on any atom is -0.459 e. The molecule has 0 spiro atoms. The number of furan rings is 1. The lowest BCUT2D eigenvalue weighted by atomic mass is 10.0. The summed E-state index contributed by atoms with van der Waals surface area (Å²) in [6, 6.07) is 18.3. The van der Waals surface area contributed by atoms with Crippen molar-refractivity contribution < 1.29 is 14.0 Å². The molecule has 1 aliphatic rings. The summed E-state index contributed by atoms with van der Waals surface area (Å²) in [5.41, 5.74) is 3.80. The molecule has 2 heterocycles. The smallest absolute Gasteiger partial charge is 0.322 e. The van der Waals surface area contributed by atoms with Gasteiger partial charge < -0.3 is 20.0 Å². The lowest BCUT2D eigenvalue weighted by molar-refractivity contribution is 0.0996. The highest BCUT2D eigenvalue weighted by molar-refractivity contribution is 6.02. The number of nitrogens with one attached hydrogen (secondary N) is 2. The molecule has 1 aromatic heterocycles. The van der Waals surface area contributed by atoms with E-state index in [4.69, 9.17) is 4.42 Å². The molecule has 0 saturated heterocycles. The SMILES string of the molecule is O=C(Nc1ccc(NC(=O)N2CCc3ccccc3C2)cc1)c1ccco1. The number of carbonyl (C=O) groups excluding carboxylic acids is 2. The number of fused-ring (bicyclic) bond motifs is 1. The number of benzene rings is 2. The summed E-state index contributed by atoms with van der Waals surface area (Å²) in [7, 11) is 0. The first-order valence-corrected chi connectivity index (χ1v) is 8.77. The molecule has 1 aliphatic heterocycles. The molecule has 0 atom stereocenters. The van der Waals surface area contributed by atoms with E-state index < -0.39 is 0 Å². The highest BCUT2D eigenvalue weighted by Gasteiger charge is 2.20. The van der Waals surface area contributed by atoms with Crippen molar-refractivity contribution in [3.05, 3.63) is 83.8 Å². The van der Waals surface area contributed by atoms with Gasteiger partial charge in [-0.2, -0.15) is 0 Å². The Morgan fingerprint density at radius 3 is 2.26 bits per heavy atom. The molecular weight excluding hydrogens is 342 g/mol. The number of rotatable bonds is 3. The zero-order valence-electron chi connectivity index (χ0n) is 14.6. The van der Waals surface area contributed by atoms with Crippen molar-refractivity contribution in [2.45, 2.75) is 13.0 Å². The molecule has 2 aromatic carbocycles. The molecule has 0 saturated carbocycles. The lowest BCUT2D eigenvalue weighted by Gasteiger charge is -2.29. The maximum Gasteiger partial charge on any atom is 0.322 e. The van der Waals surface area contributed by atoms with Gasteiger partial charge in [0.05, 0.1) is 6.26 Å². The predicted octanol–water partition coefficient (Wildman–Crippen LogP) is 4.12. The topological polar surface area (TPSA) is 74.6 Å². The summed E-state index contributed by atoms with van der Waals surface area (Å²) in [5.74, 6) is -0.0680. The zero-order valence-corrected chi connectivity index (χ0v) is 14.6. The van der Waals surface area contributed by atoms with Crippen molar-refractivity contribution in [1.82, 2.24) is 4.90 Å². The van der Waals surface area contributed by atoms with Crippen LogP contribution in [0.25, 0.3) is 0 Å². The number of amides is 3. The molecular formula is C21H19N3O3. The molecule has 6 nitrogen and oxygen atoms in total. The fourth-order valence-corrected chi connectivity index (χ4v) is 3.11. The average molecular weight is 361 g/mol. The largest absolute Gasteiger partial charge is 0.459 e. The maximum atomic E-state index is 12.5. The molecule has 0 radical (unpaired) electrons. The van der Waals surface area contributed by atoms with E-state index in [9.17, 15) is 9.59 Å². The average Bonchev–Trinajstić information content (AvgIpc) is 3.24. The van der Waals surface area contributed by atoms with Gasteiger partial charge in [0.1, 0.15) is 0 Å². The third kappa shape index (κ3) is 3.84. The highest BCUT2D eigenvalue weighted by Crippen LogP contribution is 2.20. The monoisotopic (exact) mass is 361 g/mol. The second-order valence-corrected chi connectivity index (χ2v) is 6.38. The van der Waals surface area contributed by atoms with Gasteiger partial charge >= 0.3 is 6.03 Å². The number of nitrogens with zero attached hydrogens (tertiary/aromatic N) is 1. The van der Waals surface area contributed by atoms with E-state index in [-0.39, 0.29) is 17.7 Å². The summed E-state index contributed by atoms with van der Waals surface area (Å²) in [6.45, 7) is 1.30. The van der Waals surface area contributed by atoms with Crippen LogP contribution in [0.4, 0.5) is 16.2 Å². The van der Waals surface area contributed by atoms with Gasteiger partial charge in [0, 0.05) is 24.5 Å². The second kappa shape index (κ2) is 7.37. The quantitative estimate of drug-likeness (QED) is 0.737. The minimum absolute atomic E-state index is 0.128. The van der Waals surface area contributed by atoms with Gasteiger partial charge in [-0.25, -0.2) is 4.79 Å². The van der Waals surface area contributed by atoms with Crippen LogP contribution in [0.3, 0.4) is 0 Å². The van der Waals surface area contributed by atoms with E-state index in [1.165, 1.54) is 17.4 Å². The van der Waals surface area contributed by atoms with Gasteiger partial charge in [0.15, 0.2) is 5.76 Å². The van der Waals surface area contributed by atoms with Crippen molar-refractivity contribution in [3.63, 3.8) is 0 Å². The van der Waals surface area contributed by atoms with E-state index in [1.54, 1.807) is 41.3 Å². The Kier molecular flexibility index (Phi) is 4.61.